The zero-order valence-electron chi connectivity index (χ0n) is 18.3. The average molecular weight is 448 g/mol. The second-order valence-electron chi connectivity index (χ2n) is 7.48. The van der Waals surface area contributed by atoms with Gasteiger partial charge in [0, 0.05) is 36.1 Å². The normalized spacial score (nSPS) is 11.0. The van der Waals surface area contributed by atoms with Gasteiger partial charge >= 0.3 is 0 Å². The Morgan fingerprint density at radius 1 is 1.21 bits per heavy atom. The number of nitrogens with two attached hydrogens (primary N) is 1. The minimum atomic E-state index is -0.833. The molecule has 0 aliphatic carbocycles. The Bertz CT molecular complexity index is 1510. The van der Waals surface area contributed by atoms with Crippen LogP contribution < -0.4 is 16.0 Å². The van der Waals surface area contributed by atoms with Crippen LogP contribution in [0.2, 0.25) is 0 Å². The summed E-state index contributed by atoms with van der Waals surface area (Å²) < 4.78 is 7.51. The second-order valence-corrected chi connectivity index (χ2v) is 7.48. The summed E-state index contributed by atoms with van der Waals surface area (Å²) in [6.07, 6.45) is 4.44. The first kappa shape index (κ1) is 22.0. The molecule has 10 nitrogen and oxygen atoms in total. The second kappa shape index (κ2) is 9.13. The number of fused-ring (bicyclic) bond motifs is 3. The van der Waals surface area contributed by atoms with E-state index in [4.69, 9.17) is 25.4 Å². The van der Waals surface area contributed by atoms with Crippen molar-refractivity contribution >= 4 is 38.9 Å². The van der Waals surface area contributed by atoms with Crippen molar-refractivity contribution in [1.29, 1.82) is 0 Å². The van der Waals surface area contributed by atoms with Gasteiger partial charge in [-0.3, -0.25) is 9.59 Å². The SMILES string of the molecule is CC(=O)O.COc1ccc2c(c1)c(-c1nc3cc4[nH]cnc4cc3[nH]c1=O)cn2CCCN. The standard InChI is InChI=1S/C21H20N6O2.C2H4O2/c1-29-12-3-4-19-13(7-12)14(10-27(19)6-2-5-22)20-21(28)26-18-9-16-15(23-11-24-16)8-17(18)25-20;1-2(3)4/h3-4,7-11H,2,5-6,22H2,1H3,(H,23,24)(H,26,28);1H3,(H,3,4). The monoisotopic (exact) mass is 448 g/mol. The van der Waals surface area contributed by atoms with Crippen molar-refractivity contribution in [2.24, 2.45) is 5.73 Å². The highest BCUT2D eigenvalue weighted by Crippen LogP contribution is 2.32. The van der Waals surface area contributed by atoms with Crippen molar-refractivity contribution < 1.29 is 14.6 Å². The maximum Gasteiger partial charge on any atom is 0.300 e. The molecule has 33 heavy (non-hydrogen) atoms. The molecule has 0 amide bonds. The number of rotatable bonds is 5. The van der Waals surface area contributed by atoms with Crippen molar-refractivity contribution in [3.05, 3.63) is 53.2 Å². The minimum absolute atomic E-state index is 0.243. The molecule has 0 atom stereocenters. The number of hydrogen-bond donors (Lipinski definition) is 4. The predicted octanol–water partition coefficient (Wildman–Crippen LogP) is 2.87. The van der Waals surface area contributed by atoms with Crippen molar-refractivity contribution in [3.63, 3.8) is 0 Å². The first-order chi connectivity index (χ1) is 15.9. The Kier molecular flexibility index (Phi) is 6.09. The van der Waals surface area contributed by atoms with E-state index >= 15 is 0 Å². The Morgan fingerprint density at radius 2 is 1.97 bits per heavy atom. The Hall–Kier alpha value is -4.18. The van der Waals surface area contributed by atoms with Gasteiger partial charge in [0.2, 0.25) is 0 Å². The third kappa shape index (κ3) is 4.41. The van der Waals surface area contributed by atoms with E-state index in [9.17, 15) is 4.79 Å². The van der Waals surface area contributed by atoms with Gasteiger partial charge in [-0.2, -0.15) is 0 Å². The number of aromatic amines is 2. The van der Waals surface area contributed by atoms with E-state index in [0.717, 1.165) is 53.1 Å². The zero-order valence-corrected chi connectivity index (χ0v) is 18.3. The number of carboxylic acid groups (broad SMARTS) is 1. The van der Waals surface area contributed by atoms with Gasteiger partial charge in [0.25, 0.3) is 11.5 Å². The van der Waals surface area contributed by atoms with Crippen LogP contribution in [-0.2, 0) is 11.3 Å². The highest BCUT2D eigenvalue weighted by Gasteiger charge is 2.16. The molecule has 0 saturated carbocycles. The molecule has 0 fully saturated rings. The number of methoxy groups -OCH3 is 1. The van der Waals surface area contributed by atoms with E-state index in [1.807, 2.05) is 36.5 Å². The fourth-order valence-electron chi connectivity index (χ4n) is 3.74. The smallest absolute Gasteiger partial charge is 0.300 e. The summed E-state index contributed by atoms with van der Waals surface area (Å²) in [5.41, 5.74) is 10.6. The number of nitrogens with zero attached hydrogens (tertiary/aromatic N) is 3. The molecule has 3 heterocycles. The van der Waals surface area contributed by atoms with Crippen LogP contribution in [0.25, 0.3) is 44.2 Å². The summed E-state index contributed by atoms with van der Waals surface area (Å²) >= 11 is 0. The summed E-state index contributed by atoms with van der Waals surface area (Å²) in [6, 6.07) is 9.57. The molecule has 0 radical (unpaired) electrons. The van der Waals surface area contributed by atoms with Crippen LogP contribution in [0.5, 0.6) is 5.75 Å². The van der Waals surface area contributed by atoms with E-state index in [2.05, 4.69) is 19.5 Å². The molecular weight excluding hydrogens is 424 g/mol. The molecule has 3 aromatic heterocycles. The lowest BCUT2D eigenvalue weighted by atomic mass is 10.1. The number of aromatic nitrogens is 5. The molecule has 5 aromatic rings. The summed E-state index contributed by atoms with van der Waals surface area (Å²) in [4.78, 5) is 36.9. The van der Waals surface area contributed by atoms with Crippen LogP contribution >= 0.6 is 0 Å². The number of carboxylic acids is 1. The number of imidazole rings is 1. The van der Waals surface area contributed by atoms with Crippen LogP contribution in [0.15, 0.2) is 47.7 Å². The molecular formula is C23H24N6O4. The fraction of sp³-hybridized carbons (Fsp3) is 0.217. The van der Waals surface area contributed by atoms with Gasteiger partial charge in [-0.1, -0.05) is 0 Å². The van der Waals surface area contributed by atoms with Crippen LogP contribution in [-0.4, -0.2) is 49.2 Å². The molecule has 10 heteroatoms. The summed E-state index contributed by atoms with van der Waals surface area (Å²) in [7, 11) is 1.63. The lowest BCUT2D eigenvalue weighted by Gasteiger charge is -2.05. The molecule has 0 bridgehead atoms. The molecule has 5 rings (SSSR count). The molecule has 0 spiro atoms. The summed E-state index contributed by atoms with van der Waals surface area (Å²) in [5.74, 6) is -0.105. The Labute approximate surface area is 188 Å². The van der Waals surface area contributed by atoms with E-state index in [1.165, 1.54) is 0 Å². The maximum absolute atomic E-state index is 12.9. The van der Waals surface area contributed by atoms with E-state index in [0.29, 0.717) is 23.3 Å². The average Bonchev–Trinajstić information content (AvgIpc) is 3.38. The van der Waals surface area contributed by atoms with Gasteiger partial charge < -0.3 is 30.1 Å². The van der Waals surface area contributed by atoms with Crippen LogP contribution in [0.4, 0.5) is 0 Å². The quantitative estimate of drug-likeness (QED) is 0.322. The number of carbonyl (C=O) groups is 1. The lowest BCUT2D eigenvalue weighted by Crippen LogP contribution is -2.11. The van der Waals surface area contributed by atoms with Crippen molar-refractivity contribution in [3.8, 4) is 17.0 Å². The third-order valence-corrected chi connectivity index (χ3v) is 5.18. The van der Waals surface area contributed by atoms with Gasteiger partial charge in [-0.05, 0) is 43.3 Å². The highest BCUT2D eigenvalue weighted by atomic mass is 16.5. The fourth-order valence-corrected chi connectivity index (χ4v) is 3.74. The van der Waals surface area contributed by atoms with Gasteiger partial charge in [0.15, 0.2) is 0 Å². The number of nitrogens with one attached hydrogen (secondary N) is 2. The molecule has 0 aliphatic rings. The van der Waals surface area contributed by atoms with Gasteiger partial charge in [0.1, 0.15) is 11.4 Å². The maximum atomic E-state index is 12.9. The van der Waals surface area contributed by atoms with E-state index in [-0.39, 0.29) is 5.56 Å². The van der Waals surface area contributed by atoms with Crippen molar-refractivity contribution in [2.75, 3.05) is 13.7 Å². The van der Waals surface area contributed by atoms with Crippen molar-refractivity contribution in [1.82, 2.24) is 24.5 Å². The molecule has 5 N–H and O–H groups in total. The molecule has 0 aliphatic heterocycles. The number of aliphatic carboxylic acids is 1. The molecule has 2 aromatic carbocycles. The largest absolute Gasteiger partial charge is 0.497 e. The summed E-state index contributed by atoms with van der Waals surface area (Å²) in [5, 5.41) is 8.33. The van der Waals surface area contributed by atoms with Gasteiger partial charge in [0.05, 0.1) is 35.5 Å². The lowest BCUT2D eigenvalue weighted by molar-refractivity contribution is -0.134. The van der Waals surface area contributed by atoms with E-state index < -0.39 is 5.97 Å². The van der Waals surface area contributed by atoms with Crippen LogP contribution in [0, 0.1) is 0 Å². The number of benzene rings is 2. The Morgan fingerprint density at radius 3 is 2.70 bits per heavy atom. The predicted molar refractivity (Wildman–Crippen MR) is 126 cm³/mol. The summed E-state index contributed by atoms with van der Waals surface area (Å²) in [6.45, 7) is 2.44. The number of H-pyrrole nitrogens is 2. The first-order valence-electron chi connectivity index (χ1n) is 10.3. The Balaban J connectivity index is 0.000000601. The van der Waals surface area contributed by atoms with Gasteiger partial charge in [-0.25, -0.2) is 9.97 Å². The van der Waals surface area contributed by atoms with E-state index in [1.54, 1.807) is 13.4 Å². The van der Waals surface area contributed by atoms with Gasteiger partial charge in [-0.15, -0.1) is 0 Å². The van der Waals surface area contributed by atoms with Crippen molar-refractivity contribution in [2.45, 2.75) is 19.9 Å². The number of aryl methyl sites for hydroxylation is 1. The first-order valence-corrected chi connectivity index (χ1v) is 10.3. The zero-order chi connectivity index (χ0) is 23.5. The van der Waals surface area contributed by atoms with Crippen LogP contribution in [0.1, 0.15) is 13.3 Å². The number of ether oxygens (including phenoxy) is 1. The minimum Gasteiger partial charge on any atom is -0.497 e. The molecule has 0 unspecified atom stereocenters. The highest BCUT2D eigenvalue weighted by molar-refractivity contribution is 5.97. The third-order valence-electron chi connectivity index (χ3n) is 5.18. The molecule has 0 saturated heterocycles. The van der Waals surface area contributed by atoms with Crippen LogP contribution in [0.3, 0.4) is 0 Å². The topological polar surface area (TPSA) is 152 Å². The number of hydrogen-bond acceptors (Lipinski definition) is 6. The molecule has 170 valence electrons.